The molecule has 0 saturated carbocycles. The van der Waals surface area contributed by atoms with E-state index in [1.807, 2.05) is 0 Å². The highest BCUT2D eigenvalue weighted by molar-refractivity contribution is 7.19. The fourth-order valence-electron chi connectivity index (χ4n) is 2.13. The van der Waals surface area contributed by atoms with Gasteiger partial charge in [0.15, 0.2) is 0 Å². The maximum absolute atomic E-state index is 12.5. The van der Waals surface area contributed by atoms with Gasteiger partial charge in [0.25, 0.3) is 5.91 Å². The van der Waals surface area contributed by atoms with E-state index in [1.54, 1.807) is 20.9 Å². The van der Waals surface area contributed by atoms with Crippen molar-refractivity contribution < 1.29 is 23.9 Å². The number of hydrogen-bond acceptors (Lipinski definition) is 8. The largest absolute Gasteiger partial charge is 0.465 e. The highest BCUT2D eigenvalue weighted by atomic mass is 32.1. The summed E-state index contributed by atoms with van der Waals surface area (Å²) in [6.45, 7) is 3.21. The lowest BCUT2D eigenvalue weighted by atomic mass is 10.1. The zero-order chi connectivity index (χ0) is 18.9. The van der Waals surface area contributed by atoms with Crippen LogP contribution < -0.4 is 10.2 Å². The van der Waals surface area contributed by atoms with Crippen LogP contribution in [0.3, 0.4) is 0 Å². The van der Waals surface area contributed by atoms with Gasteiger partial charge in [0.05, 0.1) is 19.8 Å². The van der Waals surface area contributed by atoms with E-state index in [-0.39, 0.29) is 25.2 Å². The van der Waals surface area contributed by atoms with Crippen LogP contribution in [0.5, 0.6) is 0 Å². The first-order chi connectivity index (χ1) is 11.7. The van der Waals surface area contributed by atoms with Crippen LogP contribution in [0.4, 0.5) is 5.00 Å². The van der Waals surface area contributed by atoms with E-state index in [4.69, 9.17) is 9.47 Å². The normalized spacial score (nSPS) is 10.4. The molecule has 1 N–H and O–H groups in total. The molecule has 0 fully saturated rings. The Labute approximate surface area is 151 Å². The van der Waals surface area contributed by atoms with Crippen molar-refractivity contribution in [2.75, 3.05) is 19.5 Å². The summed E-state index contributed by atoms with van der Waals surface area (Å²) in [6.07, 6.45) is 0. The molecule has 0 aliphatic rings. The summed E-state index contributed by atoms with van der Waals surface area (Å²) < 4.78 is 10.8. The molecule has 2 aromatic heterocycles. The number of thiazole rings is 1. The van der Waals surface area contributed by atoms with Gasteiger partial charge in [-0.1, -0.05) is 11.3 Å². The molecule has 0 bridgehead atoms. The summed E-state index contributed by atoms with van der Waals surface area (Å²) >= 11 is 1.72. The molecule has 2 rings (SSSR count). The van der Waals surface area contributed by atoms with Crippen molar-refractivity contribution in [2.24, 2.45) is 7.05 Å². The number of amides is 1. The van der Waals surface area contributed by atoms with Crippen LogP contribution in [0, 0.1) is 13.8 Å². The number of carbonyl (C=O) groups excluding carboxylic acids is 3. The lowest BCUT2D eigenvalue weighted by molar-refractivity contribution is 0.0601. The lowest BCUT2D eigenvalue weighted by Gasteiger charge is -2.05. The van der Waals surface area contributed by atoms with Gasteiger partial charge in [0.1, 0.15) is 14.8 Å². The Kier molecular flexibility index (Phi) is 5.43. The van der Waals surface area contributed by atoms with E-state index in [0.717, 1.165) is 22.7 Å². The zero-order valence-corrected chi connectivity index (χ0v) is 15.8. The second-order valence-corrected chi connectivity index (χ2v) is 7.02. The quantitative estimate of drug-likeness (QED) is 0.808. The van der Waals surface area contributed by atoms with E-state index in [0.29, 0.717) is 11.3 Å². The summed E-state index contributed by atoms with van der Waals surface area (Å²) in [5.74, 6) is -1.84. The number of hydrogen-bond donors (Lipinski definition) is 1. The third-order valence-electron chi connectivity index (χ3n) is 3.64. The van der Waals surface area contributed by atoms with Gasteiger partial charge < -0.3 is 19.4 Å². The molecule has 134 valence electrons. The Hall–Kier alpha value is -2.46. The number of ether oxygens (including phenoxy) is 2. The minimum absolute atomic E-state index is 0.0854. The van der Waals surface area contributed by atoms with Crippen molar-refractivity contribution in [1.29, 1.82) is 0 Å². The van der Waals surface area contributed by atoms with Gasteiger partial charge in [0, 0.05) is 12.7 Å². The fraction of sp³-hybridized carbons (Fsp3) is 0.333. The standard InChI is InChI=1S/C15H16N2O6S2/c1-6-8(13(19)22-4)12(24-9(6)14(20)23-5)16-11(18)10-7(2)17(3)15(21)25-10/h1-5H3,(H,16,18). The number of esters is 2. The van der Waals surface area contributed by atoms with Gasteiger partial charge >= 0.3 is 16.8 Å². The highest BCUT2D eigenvalue weighted by Gasteiger charge is 2.27. The second kappa shape index (κ2) is 7.19. The number of nitrogens with zero attached hydrogens (tertiary/aromatic N) is 1. The van der Waals surface area contributed by atoms with Crippen LogP contribution in [-0.2, 0) is 16.5 Å². The molecule has 0 aliphatic carbocycles. The van der Waals surface area contributed by atoms with Crippen LogP contribution in [0.25, 0.3) is 0 Å². The Balaban J connectivity index is 2.49. The maximum Gasteiger partial charge on any atom is 0.348 e. The SMILES string of the molecule is COC(=O)c1sc(NC(=O)c2sc(=O)n(C)c2C)c(C(=O)OC)c1C. The van der Waals surface area contributed by atoms with Crippen molar-refractivity contribution in [3.05, 3.63) is 36.2 Å². The van der Waals surface area contributed by atoms with E-state index in [9.17, 15) is 19.2 Å². The van der Waals surface area contributed by atoms with Crippen LogP contribution in [0.15, 0.2) is 4.79 Å². The molecule has 0 saturated heterocycles. The number of rotatable bonds is 4. The second-order valence-electron chi connectivity index (χ2n) is 5.04. The Morgan fingerprint density at radius 3 is 2.08 bits per heavy atom. The van der Waals surface area contributed by atoms with E-state index in [1.165, 1.54) is 18.8 Å². The van der Waals surface area contributed by atoms with Crippen molar-refractivity contribution in [1.82, 2.24) is 4.57 Å². The zero-order valence-electron chi connectivity index (χ0n) is 14.2. The monoisotopic (exact) mass is 384 g/mol. The first-order valence-electron chi connectivity index (χ1n) is 7.00. The first-order valence-corrected chi connectivity index (χ1v) is 8.64. The van der Waals surface area contributed by atoms with Crippen molar-refractivity contribution >= 4 is 45.5 Å². The molecular weight excluding hydrogens is 368 g/mol. The van der Waals surface area contributed by atoms with Crippen LogP contribution >= 0.6 is 22.7 Å². The van der Waals surface area contributed by atoms with Crippen molar-refractivity contribution in [2.45, 2.75) is 13.8 Å². The van der Waals surface area contributed by atoms with Gasteiger partial charge in [-0.15, -0.1) is 11.3 Å². The van der Waals surface area contributed by atoms with Crippen LogP contribution in [0.2, 0.25) is 0 Å². The number of thiophene rings is 1. The van der Waals surface area contributed by atoms with Crippen molar-refractivity contribution in [3.8, 4) is 0 Å². The molecule has 1 amide bonds. The summed E-state index contributed by atoms with van der Waals surface area (Å²) in [5.41, 5.74) is 0.952. The van der Waals surface area contributed by atoms with Gasteiger partial charge in [-0.2, -0.15) is 0 Å². The Morgan fingerprint density at radius 1 is 1.00 bits per heavy atom. The van der Waals surface area contributed by atoms with E-state index < -0.39 is 17.8 Å². The van der Waals surface area contributed by atoms with E-state index in [2.05, 4.69) is 5.32 Å². The molecule has 0 spiro atoms. The Bertz CT molecular complexity index is 921. The van der Waals surface area contributed by atoms with Gasteiger partial charge in [-0.05, 0) is 19.4 Å². The van der Waals surface area contributed by atoms with Crippen LogP contribution in [0.1, 0.15) is 41.0 Å². The average molecular weight is 384 g/mol. The maximum atomic E-state index is 12.5. The van der Waals surface area contributed by atoms with Gasteiger partial charge in [0.2, 0.25) is 0 Å². The summed E-state index contributed by atoms with van der Waals surface area (Å²) in [4.78, 5) is 48.3. The molecule has 2 heterocycles. The van der Waals surface area contributed by atoms with Gasteiger partial charge in [-0.25, -0.2) is 9.59 Å². The lowest BCUT2D eigenvalue weighted by Crippen LogP contribution is -2.14. The fourth-order valence-corrected chi connectivity index (χ4v) is 4.11. The minimum Gasteiger partial charge on any atom is -0.465 e. The molecule has 0 radical (unpaired) electrons. The average Bonchev–Trinajstić information content (AvgIpc) is 3.04. The number of aromatic nitrogens is 1. The molecule has 8 nitrogen and oxygen atoms in total. The summed E-state index contributed by atoms with van der Waals surface area (Å²) in [7, 11) is 3.99. The predicted molar refractivity (Wildman–Crippen MR) is 94.0 cm³/mol. The third-order valence-corrected chi connectivity index (χ3v) is 5.96. The molecule has 0 atom stereocenters. The molecule has 10 heteroatoms. The molecule has 0 unspecified atom stereocenters. The number of anilines is 1. The predicted octanol–water partition coefficient (Wildman–Crippen LogP) is 1.95. The summed E-state index contributed by atoms with van der Waals surface area (Å²) in [5, 5.41) is 2.76. The molecule has 2 aromatic rings. The number of nitrogens with one attached hydrogen (secondary N) is 1. The van der Waals surface area contributed by atoms with Crippen molar-refractivity contribution in [3.63, 3.8) is 0 Å². The molecular formula is C15H16N2O6S2. The highest BCUT2D eigenvalue weighted by Crippen LogP contribution is 2.34. The molecule has 0 aliphatic heterocycles. The number of methoxy groups -OCH3 is 2. The Morgan fingerprint density at radius 2 is 1.60 bits per heavy atom. The van der Waals surface area contributed by atoms with Gasteiger partial charge in [-0.3, -0.25) is 9.59 Å². The minimum atomic E-state index is -0.683. The molecule has 0 aromatic carbocycles. The van der Waals surface area contributed by atoms with Crippen LogP contribution in [-0.4, -0.2) is 36.6 Å². The molecule has 25 heavy (non-hydrogen) atoms. The third kappa shape index (κ3) is 3.35. The topological polar surface area (TPSA) is 104 Å². The van der Waals surface area contributed by atoms with E-state index >= 15 is 0 Å². The first kappa shape index (κ1) is 18.9. The number of carbonyl (C=O) groups is 3. The smallest absolute Gasteiger partial charge is 0.348 e. The summed E-state index contributed by atoms with van der Waals surface area (Å²) in [6, 6.07) is 0.